The van der Waals surface area contributed by atoms with Crippen LogP contribution in [0.4, 0.5) is 10.1 Å². The molecule has 0 radical (unpaired) electrons. The van der Waals surface area contributed by atoms with E-state index >= 15 is 0 Å². The number of amides is 3. The number of anilines is 1. The highest BCUT2D eigenvalue weighted by molar-refractivity contribution is 5.98. The van der Waals surface area contributed by atoms with E-state index in [-0.39, 0.29) is 31.1 Å². The summed E-state index contributed by atoms with van der Waals surface area (Å²) in [6, 6.07) is 12.4. The van der Waals surface area contributed by atoms with Crippen LogP contribution in [-0.4, -0.2) is 56.0 Å². The second kappa shape index (κ2) is 11.7. The Morgan fingerprint density at radius 3 is 2.30 bits per heavy atom. The van der Waals surface area contributed by atoms with Crippen molar-refractivity contribution in [1.29, 1.82) is 0 Å². The molecular weight excluding hydrogens is 389 g/mol. The molecule has 0 aliphatic heterocycles. The molecule has 0 spiro atoms. The molecule has 2 aromatic rings. The molecule has 3 amide bonds. The molecule has 0 heterocycles. The fourth-order valence-corrected chi connectivity index (χ4v) is 2.68. The van der Waals surface area contributed by atoms with Gasteiger partial charge in [-0.25, -0.2) is 4.39 Å². The molecule has 8 heteroatoms. The van der Waals surface area contributed by atoms with Gasteiger partial charge in [0.2, 0.25) is 11.8 Å². The second-order valence-corrected chi connectivity index (χ2v) is 6.77. The Morgan fingerprint density at radius 2 is 1.67 bits per heavy atom. The first kappa shape index (κ1) is 23.0. The number of methoxy groups -OCH3 is 1. The minimum atomic E-state index is -0.470. The van der Waals surface area contributed by atoms with Crippen LogP contribution in [0.5, 0.6) is 0 Å². The summed E-state index contributed by atoms with van der Waals surface area (Å²) in [5.74, 6) is -1.69. The van der Waals surface area contributed by atoms with Crippen LogP contribution in [0.25, 0.3) is 0 Å². The van der Waals surface area contributed by atoms with Crippen LogP contribution in [0.3, 0.4) is 0 Å². The third-order valence-electron chi connectivity index (χ3n) is 4.27. The molecule has 0 unspecified atom stereocenters. The molecule has 160 valence electrons. The van der Waals surface area contributed by atoms with Crippen molar-refractivity contribution < 1.29 is 23.5 Å². The van der Waals surface area contributed by atoms with Crippen LogP contribution in [0.15, 0.2) is 48.5 Å². The summed E-state index contributed by atoms with van der Waals surface area (Å²) >= 11 is 0. The molecule has 0 aliphatic carbocycles. The Labute approximate surface area is 175 Å². The molecule has 0 fully saturated rings. The molecule has 0 aromatic heterocycles. The first-order valence-electron chi connectivity index (χ1n) is 9.56. The van der Waals surface area contributed by atoms with Gasteiger partial charge in [-0.3, -0.25) is 14.4 Å². The van der Waals surface area contributed by atoms with E-state index in [9.17, 15) is 18.8 Å². The van der Waals surface area contributed by atoms with Gasteiger partial charge in [0.05, 0.1) is 13.1 Å². The van der Waals surface area contributed by atoms with Crippen molar-refractivity contribution in [2.45, 2.75) is 13.3 Å². The highest BCUT2D eigenvalue weighted by atomic mass is 19.1. The minimum absolute atomic E-state index is 0.219. The number of hydrogen-bond donors (Lipinski definition) is 2. The fraction of sp³-hybridized carbons (Fsp3) is 0.318. The number of hydrogen-bond acceptors (Lipinski definition) is 4. The quantitative estimate of drug-likeness (QED) is 0.583. The lowest BCUT2D eigenvalue weighted by Gasteiger charge is -2.22. The summed E-state index contributed by atoms with van der Waals surface area (Å²) in [5, 5.41) is 5.20. The van der Waals surface area contributed by atoms with Gasteiger partial charge < -0.3 is 20.3 Å². The second-order valence-electron chi connectivity index (χ2n) is 6.77. The lowest BCUT2D eigenvalue weighted by molar-refractivity contribution is -0.124. The predicted molar refractivity (Wildman–Crippen MR) is 112 cm³/mol. The molecule has 2 rings (SSSR count). The molecular formula is C22H26FN3O4. The Kier molecular flexibility index (Phi) is 8.96. The molecule has 0 atom stereocenters. The van der Waals surface area contributed by atoms with E-state index in [1.807, 2.05) is 19.1 Å². The highest BCUT2D eigenvalue weighted by Gasteiger charge is 2.19. The standard InChI is InChI=1S/C22H26FN3O4/c1-16-4-10-19(11-5-16)25-20(27)14-24-21(28)15-26(12-3-13-30-2)22(29)17-6-8-18(23)9-7-17/h4-11H,3,12-15H2,1-2H3,(H,24,28)(H,25,27). The van der Waals surface area contributed by atoms with Gasteiger partial charge in [-0.05, 0) is 49.7 Å². The summed E-state index contributed by atoms with van der Waals surface area (Å²) < 4.78 is 18.1. The van der Waals surface area contributed by atoms with Crippen molar-refractivity contribution in [3.05, 3.63) is 65.5 Å². The van der Waals surface area contributed by atoms with E-state index in [1.54, 1.807) is 19.2 Å². The van der Waals surface area contributed by atoms with Gasteiger partial charge in [-0.2, -0.15) is 0 Å². The van der Waals surface area contributed by atoms with Crippen LogP contribution in [0.1, 0.15) is 22.3 Å². The Hall–Kier alpha value is -3.26. The number of carbonyl (C=O) groups excluding carboxylic acids is 3. The predicted octanol–water partition coefficient (Wildman–Crippen LogP) is 2.37. The third-order valence-corrected chi connectivity index (χ3v) is 4.27. The molecule has 2 aromatic carbocycles. The van der Waals surface area contributed by atoms with Crippen molar-refractivity contribution in [3.8, 4) is 0 Å². The first-order valence-corrected chi connectivity index (χ1v) is 9.56. The summed E-state index contributed by atoms with van der Waals surface area (Å²) in [5.41, 5.74) is 1.98. The van der Waals surface area contributed by atoms with Gasteiger partial charge in [0.15, 0.2) is 0 Å². The number of rotatable bonds is 10. The van der Waals surface area contributed by atoms with Gasteiger partial charge >= 0.3 is 0 Å². The SMILES string of the molecule is COCCCN(CC(=O)NCC(=O)Nc1ccc(C)cc1)C(=O)c1ccc(F)cc1. The number of ether oxygens (including phenoxy) is 1. The van der Waals surface area contributed by atoms with Gasteiger partial charge in [0.1, 0.15) is 5.82 Å². The summed E-state index contributed by atoms with van der Waals surface area (Å²) in [6.45, 7) is 2.21. The topological polar surface area (TPSA) is 87.7 Å². The van der Waals surface area contributed by atoms with Gasteiger partial charge in [-0.1, -0.05) is 17.7 Å². The van der Waals surface area contributed by atoms with E-state index in [4.69, 9.17) is 4.74 Å². The van der Waals surface area contributed by atoms with E-state index in [0.29, 0.717) is 18.7 Å². The van der Waals surface area contributed by atoms with Crippen LogP contribution in [-0.2, 0) is 14.3 Å². The van der Waals surface area contributed by atoms with Crippen LogP contribution >= 0.6 is 0 Å². The lowest BCUT2D eigenvalue weighted by atomic mass is 10.2. The number of benzene rings is 2. The molecule has 0 saturated carbocycles. The average molecular weight is 415 g/mol. The average Bonchev–Trinajstić information content (AvgIpc) is 2.73. The van der Waals surface area contributed by atoms with Crippen LogP contribution in [0.2, 0.25) is 0 Å². The van der Waals surface area contributed by atoms with Crippen molar-refractivity contribution in [1.82, 2.24) is 10.2 Å². The zero-order valence-corrected chi connectivity index (χ0v) is 17.1. The Morgan fingerprint density at radius 1 is 1.00 bits per heavy atom. The Bertz CT molecular complexity index is 854. The zero-order valence-electron chi connectivity index (χ0n) is 17.1. The maximum atomic E-state index is 13.1. The zero-order chi connectivity index (χ0) is 21.9. The number of carbonyl (C=O) groups is 3. The molecule has 0 saturated heterocycles. The summed E-state index contributed by atoms with van der Waals surface area (Å²) in [6.07, 6.45) is 0.532. The number of aryl methyl sites for hydroxylation is 1. The normalized spacial score (nSPS) is 10.4. The van der Waals surface area contributed by atoms with Gasteiger partial charge in [-0.15, -0.1) is 0 Å². The van der Waals surface area contributed by atoms with E-state index in [2.05, 4.69) is 10.6 Å². The van der Waals surface area contributed by atoms with Crippen molar-refractivity contribution in [2.24, 2.45) is 0 Å². The lowest BCUT2D eigenvalue weighted by Crippen LogP contribution is -2.43. The molecule has 2 N–H and O–H groups in total. The molecule has 7 nitrogen and oxygen atoms in total. The molecule has 0 bridgehead atoms. The van der Waals surface area contributed by atoms with E-state index in [0.717, 1.165) is 5.56 Å². The smallest absolute Gasteiger partial charge is 0.254 e. The number of halogens is 1. The molecule has 30 heavy (non-hydrogen) atoms. The monoisotopic (exact) mass is 415 g/mol. The van der Waals surface area contributed by atoms with E-state index in [1.165, 1.54) is 29.2 Å². The van der Waals surface area contributed by atoms with E-state index < -0.39 is 17.6 Å². The fourth-order valence-electron chi connectivity index (χ4n) is 2.68. The van der Waals surface area contributed by atoms with Crippen molar-refractivity contribution >= 4 is 23.4 Å². The van der Waals surface area contributed by atoms with Crippen molar-refractivity contribution in [3.63, 3.8) is 0 Å². The molecule has 0 aliphatic rings. The summed E-state index contributed by atoms with van der Waals surface area (Å²) in [4.78, 5) is 38.4. The number of nitrogens with one attached hydrogen (secondary N) is 2. The third kappa shape index (κ3) is 7.63. The number of nitrogens with zero attached hydrogens (tertiary/aromatic N) is 1. The van der Waals surface area contributed by atoms with Crippen molar-refractivity contribution in [2.75, 3.05) is 38.7 Å². The highest BCUT2D eigenvalue weighted by Crippen LogP contribution is 2.09. The maximum Gasteiger partial charge on any atom is 0.254 e. The largest absolute Gasteiger partial charge is 0.385 e. The van der Waals surface area contributed by atoms with Crippen LogP contribution < -0.4 is 10.6 Å². The van der Waals surface area contributed by atoms with Gasteiger partial charge in [0, 0.05) is 31.5 Å². The first-order chi connectivity index (χ1) is 14.4. The Balaban J connectivity index is 1.90. The maximum absolute atomic E-state index is 13.1. The van der Waals surface area contributed by atoms with Gasteiger partial charge in [0.25, 0.3) is 5.91 Å². The van der Waals surface area contributed by atoms with Crippen LogP contribution in [0, 0.1) is 12.7 Å². The summed E-state index contributed by atoms with van der Waals surface area (Å²) in [7, 11) is 1.55. The minimum Gasteiger partial charge on any atom is -0.385 e.